The van der Waals surface area contributed by atoms with Crippen molar-refractivity contribution >= 4 is 41.5 Å². The zero-order valence-electron chi connectivity index (χ0n) is 16.3. The van der Waals surface area contributed by atoms with Crippen LogP contribution in [0.15, 0.2) is 23.6 Å². The van der Waals surface area contributed by atoms with Crippen LogP contribution in [0.4, 0.5) is 5.69 Å². The number of fused-ring (bicyclic) bond motifs is 1. The summed E-state index contributed by atoms with van der Waals surface area (Å²) >= 11 is 0. The fourth-order valence-electron chi connectivity index (χ4n) is 3.73. The zero-order valence-corrected chi connectivity index (χ0v) is 18.7. The van der Waals surface area contributed by atoms with E-state index in [1.165, 1.54) is 18.7 Å². The van der Waals surface area contributed by atoms with Gasteiger partial charge in [0, 0.05) is 52.5 Å². The normalized spacial score (nSPS) is 17.4. The molecule has 1 N–H and O–H groups in total. The predicted octanol–water partition coefficient (Wildman–Crippen LogP) is 0.995. The minimum atomic E-state index is 0. The molecule has 0 spiro atoms. The van der Waals surface area contributed by atoms with Crippen LogP contribution in [0.3, 0.4) is 0 Å². The van der Waals surface area contributed by atoms with Crippen LogP contribution in [-0.4, -0.2) is 62.8 Å². The molecule has 1 saturated heterocycles. The lowest BCUT2D eigenvalue weighted by Crippen LogP contribution is -2.55. The number of hydrogen-bond acceptors (Lipinski definition) is 4. The quantitative estimate of drug-likeness (QED) is 0.388. The van der Waals surface area contributed by atoms with E-state index in [1.54, 1.807) is 22.8 Å². The number of nitrogens with zero attached hydrogens (tertiary/aromatic N) is 7. The van der Waals surface area contributed by atoms with E-state index in [0.717, 1.165) is 36.9 Å². The number of imidazole rings is 1. The van der Waals surface area contributed by atoms with E-state index < -0.39 is 0 Å². The number of rotatable bonds is 3. The number of aryl methyl sites for hydroxylation is 3. The maximum absolute atomic E-state index is 12.6. The Morgan fingerprint density at radius 2 is 2.11 bits per heavy atom. The molecule has 0 saturated carbocycles. The predicted molar refractivity (Wildman–Crippen MR) is 118 cm³/mol. The largest absolute Gasteiger partial charge is 0.351 e. The van der Waals surface area contributed by atoms with Crippen LogP contribution in [0.1, 0.15) is 24.4 Å². The lowest BCUT2D eigenvalue weighted by molar-refractivity contribution is -0.120. The Labute approximate surface area is 181 Å². The monoisotopic (exact) mass is 498 g/mol. The van der Waals surface area contributed by atoms with E-state index in [2.05, 4.69) is 26.2 Å². The number of carbonyl (C=O) groups excluding carboxylic acids is 1. The third-order valence-electron chi connectivity index (χ3n) is 5.12. The minimum Gasteiger partial charge on any atom is -0.351 e. The molecule has 0 aliphatic carbocycles. The van der Waals surface area contributed by atoms with Gasteiger partial charge in [-0.1, -0.05) is 0 Å². The third-order valence-corrected chi connectivity index (χ3v) is 5.12. The Balaban J connectivity index is 0.00000225. The number of nitrogens with one attached hydrogen (secondary N) is 1. The topological polar surface area (TPSA) is 83.6 Å². The molecule has 0 atom stereocenters. The van der Waals surface area contributed by atoms with E-state index in [0.29, 0.717) is 19.6 Å². The summed E-state index contributed by atoms with van der Waals surface area (Å²) in [6.45, 7) is 3.31. The molecule has 1 amide bonds. The molecule has 9 nitrogen and oxygen atoms in total. The van der Waals surface area contributed by atoms with Gasteiger partial charge in [-0.05, 0) is 12.8 Å². The smallest absolute Gasteiger partial charge is 0.246 e. The van der Waals surface area contributed by atoms with E-state index in [9.17, 15) is 4.79 Å². The average Bonchev–Trinajstić information content (AvgIpc) is 3.28. The number of carbonyl (C=O) groups is 1. The molecule has 28 heavy (non-hydrogen) atoms. The van der Waals surface area contributed by atoms with Gasteiger partial charge in [0.25, 0.3) is 0 Å². The van der Waals surface area contributed by atoms with Gasteiger partial charge in [0.05, 0.1) is 24.1 Å². The number of aliphatic imine (C=N–C) groups is 1. The highest BCUT2D eigenvalue weighted by molar-refractivity contribution is 14.0. The Bertz CT molecular complexity index is 834. The van der Waals surface area contributed by atoms with E-state index >= 15 is 0 Å². The van der Waals surface area contributed by atoms with Crippen molar-refractivity contribution in [3.8, 4) is 0 Å². The Hall–Kier alpha value is -2.11. The summed E-state index contributed by atoms with van der Waals surface area (Å²) in [6.07, 6.45) is 9.21. The molecule has 2 aromatic rings. The van der Waals surface area contributed by atoms with Crippen molar-refractivity contribution in [1.82, 2.24) is 29.5 Å². The molecule has 0 radical (unpaired) electrons. The van der Waals surface area contributed by atoms with Crippen molar-refractivity contribution in [2.45, 2.75) is 32.4 Å². The highest BCUT2D eigenvalue weighted by Crippen LogP contribution is 2.17. The first-order valence-corrected chi connectivity index (χ1v) is 9.43. The summed E-state index contributed by atoms with van der Waals surface area (Å²) in [5.74, 6) is 1.96. The van der Waals surface area contributed by atoms with E-state index in [-0.39, 0.29) is 29.9 Å². The van der Waals surface area contributed by atoms with Crippen molar-refractivity contribution in [2.75, 3.05) is 31.6 Å². The molecule has 152 valence electrons. The minimum absolute atomic E-state index is 0. The van der Waals surface area contributed by atoms with Gasteiger partial charge in [0.15, 0.2) is 5.96 Å². The molecular weight excluding hydrogens is 471 g/mol. The summed E-state index contributed by atoms with van der Waals surface area (Å²) in [5.41, 5.74) is 1.86. The zero-order chi connectivity index (χ0) is 18.8. The van der Waals surface area contributed by atoms with Crippen molar-refractivity contribution < 1.29 is 4.79 Å². The van der Waals surface area contributed by atoms with E-state index in [1.807, 2.05) is 18.1 Å². The number of piperazine rings is 1. The van der Waals surface area contributed by atoms with Crippen LogP contribution in [0.5, 0.6) is 0 Å². The maximum atomic E-state index is 12.6. The molecule has 4 rings (SSSR count). The summed E-state index contributed by atoms with van der Waals surface area (Å²) in [5, 5.41) is 7.51. The number of anilines is 1. The van der Waals surface area contributed by atoms with Crippen molar-refractivity contribution in [2.24, 2.45) is 12.0 Å². The second kappa shape index (κ2) is 8.93. The summed E-state index contributed by atoms with van der Waals surface area (Å²) in [7, 11) is 3.60. The van der Waals surface area contributed by atoms with Crippen LogP contribution in [-0.2, 0) is 31.4 Å². The van der Waals surface area contributed by atoms with Gasteiger partial charge in [0.1, 0.15) is 12.4 Å². The van der Waals surface area contributed by atoms with Gasteiger partial charge in [-0.2, -0.15) is 5.10 Å². The summed E-state index contributed by atoms with van der Waals surface area (Å²) in [4.78, 5) is 25.4. The van der Waals surface area contributed by atoms with Gasteiger partial charge < -0.3 is 19.7 Å². The molecule has 0 unspecified atom stereocenters. The SMILES string of the molecule is CN=C(NCc1cn2c(n1)CCCC2)N1CCN(c2cnn(C)c2)C(=O)C1.I. The molecule has 0 bridgehead atoms. The Morgan fingerprint density at radius 1 is 1.25 bits per heavy atom. The van der Waals surface area contributed by atoms with Gasteiger partial charge in [0.2, 0.25) is 5.91 Å². The molecule has 2 aliphatic heterocycles. The summed E-state index contributed by atoms with van der Waals surface area (Å²) in [6, 6.07) is 0. The maximum Gasteiger partial charge on any atom is 0.246 e. The Morgan fingerprint density at radius 3 is 2.79 bits per heavy atom. The molecule has 4 heterocycles. The van der Waals surface area contributed by atoms with Gasteiger partial charge in [-0.15, -0.1) is 24.0 Å². The van der Waals surface area contributed by atoms with E-state index in [4.69, 9.17) is 4.98 Å². The van der Waals surface area contributed by atoms with Crippen LogP contribution in [0, 0.1) is 0 Å². The number of guanidine groups is 1. The summed E-state index contributed by atoms with van der Waals surface area (Å²) < 4.78 is 3.96. The van der Waals surface area contributed by atoms with Gasteiger partial charge >= 0.3 is 0 Å². The second-order valence-corrected chi connectivity index (χ2v) is 7.04. The second-order valence-electron chi connectivity index (χ2n) is 7.04. The first kappa shape index (κ1) is 20.6. The molecule has 2 aromatic heterocycles. The van der Waals surface area contributed by atoms with Crippen LogP contribution in [0.25, 0.3) is 0 Å². The lowest BCUT2D eigenvalue weighted by atomic mass is 10.2. The van der Waals surface area contributed by atoms with Crippen LogP contribution in [0.2, 0.25) is 0 Å². The van der Waals surface area contributed by atoms with Gasteiger partial charge in [-0.25, -0.2) is 4.98 Å². The Kier molecular flexibility index (Phi) is 6.57. The number of amides is 1. The molecule has 10 heteroatoms. The molecule has 2 aliphatic rings. The van der Waals surface area contributed by atoms with Crippen molar-refractivity contribution in [3.05, 3.63) is 30.1 Å². The van der Waals surface area contributed by atoms with Gasteiger partial charge in [-0.3, -0.25) is 14.5 Å². The highest BCUT2D eigenvalue weighted by atomic mass is 127. The lowest BCUT2D eigenvalue weighted by Gasteiger charge is -2.35. The van der Waals surface area contributed by atoms with Crippen LogP contribution < -0.4 is 10.2 Å². The fraction of sp³-hybridized carbons (Fsp3) is 0.556. The fourth-order valence-corrected chi connectivity index (χ4v) is 3.73. The molecular formula is C18H27IN8O. The van der Waals surface area contributed by atoms with Crippen molar-refractivity contribution in [3.63, 3.8) is 0 Å². The number of hydrogen-bond donors (Lipinski definition) is 1. The first-order valence-electron chi connectivity index (χ1n) is 9.43. The van der Waals surface area contributed by atoms with Crippen molar-refractivity contribution in [1.29, 1.82) is 0 Å². The van der Waals surface area contributed by atoms with Crippen LogP contribution >= 0.6 is 24.0 Å². The standard InChI is InChI=1S/C18H26N8O.HI/c1-19-18(20-9-14-11-24-6-4-3-5-16(24)22-14)25-7-8-26(17(27)13-25)15-10-21-23(2)12-15;/h10-12H,3-9,13H2,1-2H3,(H,19,20);1H. The number of halogens is 1. The number of aromatic nitrogens is 4. The third kappa shape index (κ3) is 4.31. The highest BCUT2D eigenvalue weighted by Gasteiger charge is 2.27. The molecule has 0 aromatic carbocycles. The first-order chi connectivity index (χ1) is 13.1. The molecule has 1 fully saturated rings. The average molecular weight is 498 g/mol.